The van der Waals surface area contributed by atoms with Gasteiger partial charge in [0.25, 0.3) is 5.91 Å². The molecule has 4 N–H and O–H groups in total. The van der Waals surface area contributed by atoms with Crippen LogP contribution in [0.25, 0.3) is 10.9 Å². The van der Waals surface area contributed by atoms with E-state index in [2.05, 4.69) is 9.99 Å². The lowest BCUT2D eigenvalue weighted by Gasteiger charge is -2.26. The van der Waals surface area contributed by atoms with E-state index in [4.69, 9.17) is 10.5 Å². The molecule has 1 aliphatic rings. The van der Waals surface area contributed by atoms with Gasteiger partial charge in [-0.05, 0) is 24.1 Å². The van der Waals surface area contributed by atoms with E-state index >= 15 is 0 Å². The molecular formula is C25H30N4O4S. The molecule has 2 aromatic carbocycles. The molecule has 34 heavy (non-hydrogen) atoms. The van der Waals surface area contributed by atoms with Crippen molar-refractivity contribution in [2.24, 2.45) is 5.73 Å². The Morgan fingerprint density at radius 3 is 2.56 bits per heavy atom. The van der Waals surface area contributed by atoms with Crippen molar-refractivity contribution in [2.45, 2.75) is 26.1 Å². The normalized spacial score (nSPS) is 15.3. The number of Topliss-reactive ketones (excluding diaryl/α,β-unsaturated/α-hetero) is 1. The minimum absolute atomic E-state index is 0.188. The quantitative estimate of drug-likeness (QED) is 0.317. The van der Waals surface area contributed by atoms with E-state index in [0.29, 0.717) is 29.7 Å². The van der Waals surface area contributed by atoms with Crippen LogP contribution in [-0.2, 0) is 17.8 Å². The van der Waals surface area contributed by atoms with E-state index < -0.39 is 12.0 Å². The summed E-state index contributed by atoms with van der Waals surface area (Å²) >= 11 is 1.86. The maximum absolute atomic E-state index is 13.0. The third kappa shape index (κ3) is 5.28. The number of rotatable bonds is 9. The van der Waals surface area contributed by atoms with Crippen molar-refractivity contribution in [1.82, 2.24) is 15.0 Å². The Bertz CT molecular complexity index is 1160. The lowest BCUT2D eigenvalue weighted by molar-refractivity contribution is -0.127. The van der Waals surface area contributed by atoms with Gasteiger partial charge in [0.1, 0.15) is 5.75 Å². The number of aliphatic hydroxyl groups excluding tert-OH is 1. The lowest BCUT2D eigenvalue weighted by Crippen LogP contribution is -2.48. The predicted octanol–water partition coefficient (Wildman–Crippen LogP) is 2.17. The molecule has 1 aliphatic heterocycles. The molecule has 1 atom stereocenters. The topological polar surface area (TPSA) is 110 Å². The summed E-state index contributed by atoms with van der Waals surface area (Å²) in [5.41, 5.74) is 11.4. The number of nitrogens with two attached hydrogens (primary N) is 1. The van der Waals surface area contributed by atoms with Crippen LogP contribution < -0.4 is 15.9 Å². The Balaban J connectivity index is 1.69. The van der Waals surface area contributed by atoms with Gasteiger partial charge in [-0.25, -0.2) is 5.01 Å². The molecule has 1 saturated heterocycles. The van der Waals surface area contributed by atoms with Crippen LogP contribution in [0, 0.1) is 0 Å². The second kappa shape index (κ2) is 11.1. The number of hydrazine groups is 1. The number of ketones is 1. The number of aliphatic hydroxyl groups is 1. The number of fused-ring (bicyclic) bond motifs is 1. The summed E-state index contributed by atoms with van der Waals surface area (Å²) in [5.74, 6) is 1.53. The van der Waals surface area contributed by atoms with Crippen molar-refractivity contribution in [3.63, 3.8) is 0 Å². The summed E-state index contributed by atoms with van der Waals surface area (Å²) < 4.78 is 7.98. The molecule has 2 heterocycles. The van der Waals surface area contributed by atoms with E-state index in [0.717, 1.165) is 41.4 Å². The van der Waals surface area contributed by atoms with Crippen molar-refractivity contribution < 1.29 is 19.4 Å². The Hall–Kier alpha value is -2.85. The van der Waals surface area contributed by atoms with Crippen LogP contribution in [0.3, 0.4) is 0 Å². The fourth-order valence-electron chi connectivity index (χ4n) is 4.30. The Labute approximate surface area is 203 Å². The Morgan fingerprint density at radius 2 is 1.88 bits per heavy atom. The minimum Gasteiger partial charge on any atom is -0.483 e. The zero-order valence-corrected chi connectivity index (χ0v) is 20.0. The number of benzene rings is 2. The van der Waals surface area contributed by atoms with E-state index in [-0.39, 0.29) is 12.5 Å². The highest BCUT2D eigenvalue weighted by Gasteiger charge is 2.27. The second-order valence-corrected chi connectivity index (χ2v) is 9.35. The largest absolute Gasteiger partial charge is 0.483 e. The second-order valence-electron chi connectivity index (χ2n) is 8.13. The van der Waals surface area contributed by atoms with Crippen LogP contribution >= 0.6 is 11.8 Å². The molecular weight excluding hydrogens is 452 g/mol. The third-order valence-electron chi connectivity index (χ3n) is 5.85. The third-order valence-corrected chi connectivity index (χ3v) is 6.79. The van der Waals surface area contributed by atoms with Crippen molar-refractivity contribution >= 4 is 34.4 Å². The van der Waals surface area contributed by atoms with Crippen LogP contribution in [0.15, 0.2) is 48.5 Å². The van der Waals surface area contributed by atoms with Gasteiger partial charge >= 0.3 is 0 Å². The zero-order chi connectivity index (χ0) is 24.1. The first-order valence-corrected chi connectivity index (χ1v) is 12.6. The highest BCUT2D eigenvalue weighted by molar-refractivity contribution is 7.99. The average Bonchev–Trinajstić information content (AvgIpc) is 3.17. The number of aromatic nitrogens is 1. The molecule has 3 aromatic rings. The summed E-state index contributed by atoms with van der Waals surface area (Å²) in [5, 5.41) is 12.4. The molecule has 1 fully saturated rings. The van der Waals surface area contributed by atoms with Gasteiger partial charge < -0.3 is 14.4 Å². The first-order valence-electron chi connectivity index (χ1n) is 11.4. The van der Waals surface area contributed by atoms with Gasteiger partial charge in [0.15, 0.2) is 12.8 Å². The number of hydrogen-bond donors (Lipinski definition) is 3. The van der Waals surface area contributed by atoms with Gasteiger partial charge in [-0.3, -0.25) is 20.7 Å². The number of ether oxygens (including phenoxy) is 1. The SMILES string of the molecule is CCc1c(C(=O)C(N)O)c2c(OCC(=O)NN3CCSCC3)cccc2n1Cc1ccccc1. The standard InChI is InChI=1S/C25H30N4O4S/c1-2-18-23(24(31)25(26)32)22-19(29(18)15-17-7-4-3-5-8-17)9-6-10-20(22)33-16-21(30)27-28-11-13-34-14-12-28/h3-10,25,32H,2,11-16,26H2,1H3,(H,27,30). The van der Waals surface area contributed by atoms with Crippen molar-refractivity contribution in [2.75, 3.05) is 31.2 Å². The average molecular weight is 483 g/mol. The number of carbonyl (C=O) groups is 2. The monoisotopic (exact) mass is 482 g/mol. The van der Waals surface area contributed by atoms with Crippen molar-refractivity contribution in [3.8, 4) is 5.75 Å². The number of amides is 1. The number of nitrogens with zero attached hydrogens (tertiary/aromatic N) is 2. The Morgan fingerprint density at radius 1 is 1.15 bits per heavy atom. The smallest absolute Gasteiger partial charge is 0.272 e. The number of nitrogens with one attached hydrogen (secondary N) is 1. The maximum atomic E-state index is 13.0. The number of hydrogen-bond acceptors (Lipinski definition) is 7. The molecule has 1 aromatic heterocycles. The van der Waals surface area contributed by atoms with Crippen molar-refractivity contribution in [3.05, 3.63) is 65.4 Å². The van der Waals surface area contributed by atoms with Gasteiger partial charge in [0, 0.05) is 36.8 Å². The van der Waals surface area contributed by atoms with E-state index in [1.807, 2.05) is 66.2 Å². The summed E-state index contributed by atoms with van der Waals surface area (Å²) in [6.07, 6.45) is -1.09. The molecule has 0 aliphatic carbocycles. The van der Waals surface area contributed by atoms with Crippen LogP contribution in [0.5, 0.6) is 5.75 Å². The maximum Gasteiger partial charge on any atom is 0.272 e. The number of thioether (sulfide) groups is 1. The van der Waals surface area contributed by atoms with Crippen LogP contribution in [0.2, 0.25) is 0 Å². The molecule has 1 amide bonds. The lowest BCUT2D eigenvalue weighted by atomic mass is 10.0. The van der Waals surface area contributed by atoms with E-state index in [9.17, 15) is 14.7 Å². The molecule has 9 heteroatoms. The molecule has 1 unspecified atom stereocenters. The molecule has 4 rings (SSSR count). The zero-order valence-electron chi connectivity index (χ0n) is 19.2. The fraction of sp³-hybridized carbons (Fsp3) is 0.360. The van der Waals surface area contributed by atoms with Gasteiger partial charge in [-0.2, -0.15) is 11.8 Å². The molecule has 180 valence electrons. The van der Waals surface area contributed by atoms with Crippen LogP contribution in [0.4, 0.5) is 0 Å². The van der Waals surface area contributed by atoms with Crippen molar-refractivity contribution in [1.29, 1.82) is 0 Å². The first kappa shape index (κ1) is 24.3. The van der Waals surface area contributed by atoms with E-state index in [1.165, 1.54) is 0 Å². The Kier molecular flexibility index (Phi) is 7.89. The highest BCUT2D eigenvalue weighted by Crippen LogP contribution is 2.35. The summed E-state index contributed by atoms with van der Waals surface area (Å²) in [4.78, 5) is 25.5. The van der Waals surface area contributed by atoms with Gasteiger partial charge in [-0.15, -0.1) is 0 Å². The highest BCUT2D eigenvalue weighted by atomic mass is 32.2. The van der Waals surface area contributed by atoms with E-state index in [1.54, 1.807) is 6.07 Å². The summed E-state index contributed by atoms with van der Waals surface area (Å²) in [6.45, 7) is 3.90. The molecule has 0 radical (unpaired) electrons. The van der Waals surface area contributed by atoms with Gasteiger partial charge in [-0.1, -0.05) is 43.3 Å². The molecule has 0 spiro atoms. The molecule has 8 nitrogen and oxygen atoms in total. The van der Waals surface area contributed by atoms with Gasteiger partial charge in [0.05, 0.1) is 16.5 Å². The molecule has 0 bridgehead atoms. The molecule has 0 saturated carbocycles. The minimum atomic E-state index is -1.64. The summed E-state index contributed by atoms with van der Waals surface area (Å²) in [7, 11) is 0. The van der Waals surface area contributed by atoms with Gasteiger partial charge in [0.2, 0.25) is 5.78 Å². The van der Waals surface area contributed by atoms with Crippen LogP contribution in [-0.4, -0.2) is 63.8 Å². The summed E-state index contributed by atoms with van der Waals surface area (Å²) in [6, 6.07) is 15.4. The fourth-order valence-corrected chi connectivity index (χ4v) is 5.20. The predicted molar refractivity (Wildman–Crippen MR) is 134 cm³/mol. The first-order chi connectivity index (χ1) is 16.5. The number of carbonyl (C=O) groups excluding carboxylic acids is 2. The van der Waals surface area contributed by atoms with Crippen LogP contribution in [0.1, 0.15) is 28.5 Å².